The summed E-state index contributed by atoms with van der Waals surface area (Å²) in [4.78, 5) is 28.2. The van der Waals surface area contributed by atoms with Gasteiger partial charge in [-0.15, -0.1) is 0 Å². The molecular formula is C26H23FN2O2. The second-order valence-electron chi connectivity index (χ2n) is 7.97. The lowest BCUT2D eigenvalue weighted by molar-refractivity contribution is -0.120. The van der Waals surface area contributed by atoms with Crippen LogP contribution in [0.3, 0.4) is 0 Å². The van der Waals surface area contributed by atoms with Gasteiger partial charge in [-0.1, -0.05) is 24.3 Å². The van der Waals surface area contributed by atoms with E-state index in [1.165, 1.54) is 29.2 Å². The number of benzene rings is 3. The van der Waals surface area contributed by atoms with Gasteiger partial charge < -0.3 is 5.32 Å². The summed E-state index contributed by atoms with van der Waals surface area (Å²) in [6.45, 7) is 7.82. The van der Waals surface area contributed by atoms with Crippen molar-refractivity contribution >= 4 is 28.8 Å². The van der Waals surface area contributed by atoms with Gasteiger partial charge in [0.15, 0.2) is 0 Å². The van der Waals surface area contributed by atoms with Crippen LogP contribution in [0, 0.1) is 33.5 Å². The summed E-state index contributed by atoms with van der Waals surface area (Å²) in [6, 6.07) is 17.0. The quantitative estimate of drug-likeness (QED) is 0.577. The van der Waals surface area contributed by atoms with Crippen LogP contribution in [-0.4, -0.2) is 11.8 Å². The van der Waals surface area contributed by atoms with Crippen molar-refractivity contribution < 1.29 is 14.0 Å². The topological polar surface area (TPSA) is 49.4 Å². The molecule has 1 aliphatic heterocycles. The van der Waals surface area contributed by atoms with Crippen molar-refractivity contribution in [2.24, 2.45) is 0 Å². The minimum absolute atomic E-state index is 0.180. The van der Waals surface area contributed by atoms with E-state index in [9.17, 15) is 14.0 Å². The molecule has 0 fully saturated rings. The number of rotatable bonds is 4. The van der Waals surface area contributed by atoms with Crippen LogP contribution in [0.2, 0.25) is 0 Å². The Labute approximate surface area is 181 Å². The lowest BCUT2D eigenvalue weighted by Gasteiger charge is -2.17. The lowest BCUT2D eigenvalue weighted by atomic mass is 9.99. The first-order valence-electron chi connectivity index (χ1n) is 10.1. The molecule has 0 aromatic heterocycles. The second-order valence-corrected chi connectivity index (χ2v) is 7.97. The van der Waals surface area contributed by atoms with Gasteiger partial charge in [-0.2, -0.15) is 0 Å². The summed E-state index contributed by atoms with van der Waals surface area (Å²) in [7, 11) is 0. The Morgan fingerprint density at radius 2 is 1.39 bits per heavy atom. The molecule has 1 heterocycles. The van der Waals surface area contributed by atoms with Gasteiger partial charge in [-0.25, -0.2) is 9.29 Å². The van der Waals surface area contributed by atoms with Gasteiger partial charge in [-0.3, -0.25) is 9.59 Å². The Bertz CT molecular complexity index is 1220. The Morgan fingerprint density at radius 3 is 2.00 bits per heavy atom. The third-order valence-corrected chi connectivity index (χ3v) is 5.46. The van der Waals surface area contributed by atoms with Crippen molar-refractivity contribution in [3.05, 3.63) is 100.0 Å². The third-order valence-electron chi connectivity index (χ3n) is 5.46. The number of anilines is 2. The molecule has 0 bridgehead atoms. The van der Waals surface area contributed by atoms with Crippen molar-refractivity contribution in [1.29, 1.82) is 0 Å². The van der Waals surface area contributed by atoms with Crippen LogP contribution in [0.5, 0.6) is 0 Å². The largest absolute Gasteiger partial charge is 0.350 e. The number of imide groups is 1. The molecule has 0 unspecified atom stereocenters. The standard InChI is InChI=1S/C26H23FN2O2/c1-15-11-16(2)13-22(12-15)29-25(30)23(19-6-5-17(3)18(4)14-19)24(26(29)31)28-21-9-7-20(27)8-10-21/h5-14,28H,1-4H3. The normalized spacial score (nSPS) is 13.9. The molecule has 0 saturated heterocycles. The minimum Gasteiger partial charge on any atom is -0.350 e. The van der Waals surface area contributed by atoms with E-state index in [1.54, 1.807) is 0 Å². The minimum atomic E-state index is -0.437. The van der Waals surface area contributed by atoms with E-state index in [2.05, 4.69) is 5.32 Å². The highest BCUT2D eigenvalue weighted by Gasteiger charge is 2.40. The molecule has 2 amide bonds. The van der Waals surface area contributed by atoms with E-state index in [0.717, 1.165) is 22.3 Å². The average Bonchev–Trinajstić information content (AvgIpc) is 2.95. The highest BCUT2D eigenvalue weighted by molar-refractivity contribution is 6.46. The molecule has 4 nitrogen and oxygen atoms in total. The van der Waals surface area contributed by atoms with Gasteiger partial charge in [0.05, 0.1) is 11.3 Å². The summed E-state index contributed by atoms with van der Waals surface area (Å²) in [5.74, 6) is -1.20. The molecule has 0 spiro atoms. The zero-order valence-corrected chi connectivity index (χ0v) is 17.9. The highest BCUT2D eigenvalue weighted by atomic mass is 19.1. The van der Waals surface area contributed by atoms with E-state index in [-0.39, 0.29) is 17.4 Å². The van der Waals surface area contributed by atoms with Gasteiger partial charge in [0.1, 0.15) is 11.5 Å². The summed E-state index contributed by atoms with van der Waals surface area (Å²) in [5, 5.41) is 3.06. The Hall–Kier alpha value is -3.73. The van der Waals surface area contributed by atoms with Crippen molar-refractivity contribution in [3.8, 4) is 0 Å². The maximum absolute atomic E-state index is 13.5. The zero-order valence-electron chi connectivity index (χ0n) is 17.9. The van der Waals surface area contributed by atoms with Crippen LogP contribution in [0.1, 0.15) is 27.8 Å². The van der Waals surface area contributed by atoms with Gasteiger partial charge in [0.25, 0.3) is 11.8 Å². The Morgan fingerprint density at radius 1 is 0.742 bits per heavy atom. The van der Waals surface area contributed by atoms with Gasteiger partial charge in [0, 0.05) is 5.69 Å². The first-order chi connectivity index (χ1) is 14.7. The lowest BCUT2D eigenvalue weighted by Crippen LogP contribution is -2.32. The summed E-state index contributed by atoms with van der Waals surface area (Å²) in [5.41, 5.74) is 6.25. The van der Waals surface area contributed by atoms with Crippen molar-refractivity contribution in [2.45, 2.75) is 27.7 Å². The second kappa shape index (κ2) is 7.84. The number of aryl methyl sites for hydroxylation is 4. The van der Waals surface area contributed by atoms with Crippen LogP contribution >= 0.6 is 0 Å². The molecule has 3 aromatic carbocycles. The van der Waals surface area contributed by atoms with Gasteiger partial charge >= 0.3 is 0 Å². The van der Waals surface area contributed by atoms with Crippen LogP contribution in [0.15, 0.2) is 66.4 Å². The fraction of sp³-hybridized carbons (Fsp3) is 0.154. The number of carbonyl (C=O) groups is 2. The fourth-order valence-corrected chi connectivity index (χ4v) is 3.80. The summed E-state index contributed by atoms with van der Waals surface area (Å²) in [6.07, 6.45) is 0. The number of carbonyl (C=O) groups excluding carboxylic acids is 2. The molecule has 5 heteroatoms. The molecule has 3 aromatic rings. The number of amides is 2. The predicted octanol–water partition coefficient (Wildman–Crippen LogP) is 5.46. The van der Waals surface area contributed by atoms with Gasteiger partial charge in [-0.05, 0) is 91.9 Å². The van der Waals surface area contributed by atoms with Crippen LogP contribution in [0.4, 0.5) is 15.8 Å². The fourth-order valence-electron chi connectivity index (χ4n) is 3.80. The average molecular weight is 414 g/mol. The predicted molar refractivity (Wildman–Crippen MR) is 121 cm³/mol. The first-order valence-corrected chi connectivity index (χ1v) is 10.1. The molecule has 1 N–H and O–H groups in total. The van der Waals surface area contributed by atoms with E-state index in [1.807, 2.05) is 64.1 Å². The van der Waals surface area contributed by atoms with Crippen molar-refractivity contribution in [3.63, 3.8) is 0 Å². The van der Waals surface area contributed by atoms with Gasteiger partial charge in [0.2, 0.25) is 0 Å². The molecule has 0 atom stereocenters. The first kappa shape index (κ1) is 20.5. The van der Waals surface area contributed by atoms with Crippen LogP contribution < -0.4 is 10.2 Å². The number of nitrogens with zero attached hydrogens (tertiary/aromatic N) is 1. The number of hydrogen-bond donors (Lipinski definition) is 1. The number of halogens is 1. The van der Waals surface area contributed by atoms with E-state index in [0.29, 0.717) is 22.5 Å². The SMILES string of the molecule is Cc1cc(C)cc(N2C(=O)C(Nc3ccc(F)cc3)=C(c3ccc(C)c(C)c3)C2=O)c1. The third kappa shape index (κ3) is 3.87. The molecule has 156 valence electrons. The van der Waals surface area contributed by atoms with E-state index >= 15 is 0 Å². The van der Waals surface area contributed by atoms with Crippen LogP contribution in [0.25, 0.3) is 5.57 Å². The Balaban J connectivity index is 1.85. The number of hydrogen-bond acceptors (Lipinski definition) is 3. The summed E-state index contributed by atoms with van der Waals surface area (Å²) >= 11 is 0. The van der Waals surface area contributed by atoms with Crippen molar-refractivity contribution in [1.82, 2.24) is 0 Å². The number of nitrogens with one attached hydrogen (secondary N) is 1. The monoisotopic (exact) mass is 414 g/mol. The van der Waals surface area contributed by atoms with Crippen molar-refractivity contribution in [2.75, 3.05) is 10.2 Å². The molecular weight excluding hydrogens is 391 g/mol. The maximum atomic E-state index is 13.5. The molecule has 4 rings (SSSR count). The van der Waals surface area contributed by atoms with E-state index < -0.39 is 5.91 Å². The molecule has 1 aliphatic rings. The molecule has 31 heavy (non-hydrogen) atoms. The molecule has 0 radical (unpaired) electrons. The molecule has 0 saturated carbocycles. The summed E-state index contributed by atoms with van der Waals surface area (Å²) < 4.78 is 13.4. The highest BCUT2D eigenvalue weighted by Crippen LogP contribution is 2.35. The van der Waals surface area contributed by atoms with E-state index in [4.69, 9.17) is 0 Å². The van der Waals surface area contributed by atoms with Crippen LogP contribution in [-0.2, 0) is 9.59 Å². The Kier molecular flexibility index (Phi) is 5.19. The molecule has 0 aliphatic carbocycles. The smallest absolute Gasteiger partial charge is 0.282 e. The zero-order chi connectivity index (χ0) is 22.3. The maximum Gasteiger partial charge on any atom is 0.282 e.